The maximum absolute atomic E-state index is 13.1. The van der Waals surface area contributed by atoms with Crippen molar-refractivity contribution >= 4 is 34.7 Å². The number of amides is 1. The number of rotatable bonds is 8. The molecule has 0 radical (unpaired) electrons. The molecular formula is C26H20FN5OS2. The summed E-state index contributed by atoms with van der Waals surface area (Å²) in [6.45, 7) is 0. The highest BCUT2D eigenvalue weighted by Gasteiger charge is 2.17. The minimum atomic E-state index is -0.355. The van der Waals surface area contributed by atoms with Crippen molar-refractivity contribution in [3.05, 3.63) is 118 Å². The molecule has 0 saturated heterocycles. The molecule has 0 saturated carbocycles. The molecule has 35 heavy (non-hydrogen) atoms. The predicted molar refractivity (Wildman–Crippen MR) is 137 cm³/mol. The number of carbonyl (C=O) groups is 1. The van der Waals surface area contributed by atoms with Gasteiger partial charge in [-0.2, -0.15) is 0 Å². The van der Waals surface area contributed by atoms with Crippen molar-refractivity contribution < 1.29 is 9.18 Å². The molecule has 0 atom stereocenters. The van der Waals surface area contributed by atoms with Crippen LogP contribution in [0.1, 0.15) is 26.9 Å². The first-order valence-electron chi connectivity index (χ1n) is 10.8. The smallest absolute Gasteiger partial charge is 0.275 e. The zero-order chi connectivity index (χ0) is 24.0. The number of thiazole rings is 1. The van der Waals surface area contributed by atoms with E-state index < -0.39 is 0 Å². The van der Waals surface area contributed by atoms with Gasteiger partial charge in [0.25, 0.3) is 5.91 Å². The molecule has 9 heteroatoms. The van der Waals surface area contributed by atoms with Crippen LogP contribution in [-0.4, -0.2) is 25.7 Å². The Balaban J connectivity index is 1.31. The quantitative estimate of drug-likeness (QED) is 0.264. The van der Waals surface area contributed by atoms with Gasteiger partial charge in [0, 0.05) is 23.2 Å². The minimum Gasteiger partial charge on any atom is -0.321 e. The average Bonchev–Trinajstić information content (AvgIpc) is 3.52. The second-order valence-corrected chi connectivity index (χ2v) is 9.49. The van der Waals surface area contributed by atoms with Gasteiger partial charge in [0.1, 0.15) is 22.3 Å². The summed E-state index contributed by atoms with van der Waals surface area (Å²) in [6.07, 6.45) is 0.661. The Morgan fingerprint density at radius 3 is 2.40 bits per heavy atom. The van der Waals surface area contributed by atoms with Gasteiger partial charge in [0.2, 0.25) is 0 Å². The molecule has 0 aliphatic carbocycles. The van der Waals surface area contributed by atoms with Crippen molar-refractivity contribution in [2.24, 2.45) is 0 Å². The Bertz CT molecular complexity index is 1420. The number of para-hydroxylation sites is 1. The van der Waals surface area contributed by atoms with E-state index in [1.54, 1.807) is 5.38 Å². The van der Waals surface area contributed by atoms with E-state index in [0.29, 0.717) is 23.6 Å². The molecule has 0 aliphatic heterocycles. The molecule has 2 aromatic heterocycles. The molecule has 0 bridgehead atoms. The standard InChI is InChI=1S/C26H20FN5OS2/c27-19-11-13-20(14-12-19)28-25(33)22-16-34-24(29-22)17-35-26-31-30-23(15-18-7-3-1-4-8-18)32(26)21-9-5-2-6-10-21/h1-14,16H,15,17H2,(H,28,33). The zero-order valence-electron chi connectivity index (χ0n) is 18.5. The van der Waals surface area contributed by atoms with Gasteiger partial charge in [-0.25, -0.2) is 9.37 Å². The number of thioether (sulfide) groups is 1. The highest BCUT2D eigenvalue weighted by molar-refractivity contribution is 7.98. The summed E-state index contributed by atoms with van der Waals surface area (Å²) in [6, 6.07) is 25.8. The van der Waals surface area contributed by atoms with Crippen molar-refractivity contribution in [3.8, 4) is 5.69 Å². The fourth-order valence-electron chi connectivity index (χ4n) is 3.46. The Labute approximate surface area is 209 Å². The van der Waals surface area contributed by atoms with Crippen molar-refractivity contribution in [1.29, 1.82) is 0 Å². The summed E-state index contributed by atoms with van der Waals surface area (Å²) in [4.78, 5) is 17.0. The first-order valence-corrected chi connectivity index (χ1v) is 12.7. The molecule has 2 heterocycles. The predicted octanol–water partition coefficient (Wildman–Crippen LogP) is 6.00. The van der Waals surface area contributed by atoms with E-state index in [0.717, 1.165) is 27.2 Å². The summed E-state index contributed by atoms with van der Waals surface area (Å²) < 4.78 is 15.1. The van der Waals surface area contributed by atoms with Crippen molar-refractivity contribution in [2.75, 3.05) is 5.32 Å². The molecule has 1 amide bonds. The van der Waals surface area contributed by atoms with E-state index in [-0.39, 0.29) is 11.7 Å². The van der Waals surface area contributed by atoms with Crippen molar-refractivity contribution in [3.63, 3.8) is 0 Å². The normalized spacial score (nSPS) is 10.9. The number of nitrogens with zero attached hydrogens (tertiary/aromatic N) is 4. The molecule has 0 aliphatic rings. The molecule has 5 rings (SSSR count). The van der Waals surface area contributed by atoms with Gasteiger partial charge < -0.3 is 5.32 Å². The summed E-state index contributed by atoms with van der Waals surface area (Å²) in [5, 5.41) is 14.9. The van der Waals surface area contributed by atoms with E-state index in [4.69, 9.17) is 0 Å². The molecule has 0 spiro atoms. The van der Waals surface area contributed by atoms with Crippen LogP contribution in [0, 0.1) is 5.82 Å². The first kappa shape index (κ1) is 22.9. The molecule has 174 valence electrons. The minimum absolute atomic E-state index is 0.323. The van der Waals surface area contributed by atoms with E-state index in [9.17, 15) is 9.18 Å². The number of hydrogen-bond acceptors (Lipinski definition) is 6. The lowest BCUT2D eigenvalue weighted by atomic mass is 10.1. The third-order valence-corrected chi connectivity index (χ3v) is 7.10. The van der Waals surface area contributed by atoms with Crippen LogP contribution in [-0.2, 0) is 12.2 Å². The number of halogens is 1. The Hall–Kier alpha value is -3.82. The molecule has 0 unspecified atom stereocenters. The van der Waals surface area contributed by atoms with Crippen LogP contribution in [0.25, 0.3) is 5.69 Å². The summed E-state index contributed by atoms with van der Waals surface area (Å²) in [7, 11) is 0. The van der Waals surface area contributed by atoms with Crippen LogP contribution >= 0.6 is 23.1 Å². The molecule has 0 fully saturated rings. The fraction of sp³-hybridized carbons (Fsp3) is 0.0769. The number of nitrogens with one attached hydrogen (secondary N) is 1. The lowest BCUT2D eigenvalue weighted by molar-refractivity contribution is 0.102. The Morgan fingerprint density at radius 2 is 1.66 bits per heavy atom. The lowest BCUT2D eigenvalue weighted by Crippen LogP contribution is -2.12. The molecule has 6 nitrogen and oxygen atoms in total. The summed E-state index contributed by atoms with van der Waals surface area (Å²) >= 11 is 2.93. The fourth-order valence-corrected chi connectivity index (χ4v) is 5.22. The van der Waals surface area contributed by atoms with Gasteiger partial charge in [-0.3, -0.25) is 9.36 Å². The molecule has 1 N–H and O–H groups in total. The number of carbonyl (C=O) groups excluding carboxylic acids is 1. The number of aromatic nitrogens is 4. The first-order chi connectivity index (χ1) is 17.2. The maximum atomic E-state index is 13.1. The van der Waals surface area contributed by atoms with E-state index in [1.165, 1.54) is 47.4 Å². The van der Waals surface area contributed by atoms with Gasteiger partial charge in [-0.05, 0) is 42.0 Å². The van der Waals surface area contributed by atoms with Crippen LogP contribution in [0.4, 0.5) is 10.1 Å². The van der Waals surface area contributed by atoms with Gasteiger partial charge in [0.05, 0.1) is 5.75 Å². The monoisotopic (exact) mass is 501 g/mol. The average molecular weight is 502 g/mol. The maximum Gasteiger partial charge on any atom is 0.275 e. The van der Waals surface area contributed by atoms with Crippen LogP contribution in [0.2, 0.25) is 0 Å². The van der Waals surface area contributed by atoms with Gasteiger partial charge in [-0.1, -0.05) is 60.3 Å². The molecule has 3 aromatic carbocycles. The third kappa shape index (κ3) is 5.64. The van der Waals surface area contributed by atoms with Crippen LogP contribution in [0.3, 0.4) is 0 Å². The third-order valence-electron chi connectivity index (χ3n) is 5.13. The summed E-state index contributed by atoms with van der Waals surface area (Å²) in [5.74, 6) is 0.710. The Kier molecular flexibility index (Phi) is 6.97. The SMILES string of the molecule is O=C(Nc1ccc(F)cc1)c1csc(CSc2nnc(Cc3ccccc3)n2-c2ccccc2)n1. The van der Waals surface area contributed by atoms with Crippen LogP contribution in [0.15, 0.2) is 95.5 Å². The van der Waals surface area contributed by atoms with E-state index in [2.05, 4.69) is 37.2 Å². The molecule has 5 aromatic rings. The van der Waals surface area contributed by atoms with Crippen molar-refractivity contribution in [2.45, 2.75) is 17.3 Å². The van der Waals surface area contributed by atoms with E-state index >= 15 is 0 Å². The second-order valence-electron chi connectivity index (χ2n) is 7.61. The van der Waals surface area contributed by atoms with Gasteiger partial charge >= 0.3 is 0 Å². The topological polar surface area (TPSA) is 72.7 Å². The lowest BCUT2D eigenvalue weighted by Gasteiger charge is -2.10. The summed E-state index contributed by atoms with van der Waals surface area (Å²) in [5.41, 5.74) is 2.99. The van der Waals surface area contributed by atoms with Crippen LogP contribution < -0.4 is 5.32 Å². The number of anilines is 1. The number of benzene rings is 3. The largest absolute Gasteiger partial charge is 0.321 e. The zero-order valence-corrected chi connectivity index (χ0v) is 20.1. The van der Waals surface area contributed by atoms with E-state index in [1.807, 2.05) is 48.5 Å². The second kappa shape index (κ2) is 10.6. The Morgan fingerprint density at radius 1 is 0.943 bits per heavy atom. The number of hydrogen-bond donors (Lipinski definition) is 1. The van der Waals surface area contributed by atoms with Crippen molar-refractivity contribution in [1.82, 2.24) is 19.7 Å². The van der Waals surface area contributed by atoms with Gasteiger partial charge in [0.15, 0.2) is 5.16 Å². The highest BCUT2D eigenvalue weighted by atomic mass is 32.2. The highest BCUT2D eigenvalue weighted by Crippen LogP contribution is 2.27. The van der Waals surface area contributed by atoms with Gasteiger partial charge in [-0.15, -0.1) is 21.5 Å². The molecular weight excluding hydrogens is 481 g/mol. The van der Waals surface area contributed by atoms with Crippen LogP contribution in [0.5, 0.6) is 0 Å².